The average Bonchev–Trinajstić information content (AvgIpc) is 2.25. The van der Waals surface area contributed by atoms with Gasteiger partial charge >= 0.3 is 0 Å². The maximum absolute atomic E-state index is 9.57. The van der Waals surface area contributed by atoms with Crippen molar-refractivity contribution in [3.8, 4) is 0 Å². The lowest BCUT2D eigenvalue weighted by Crippen LogP contribution is -2.46. The summed E-state index contributed by atoms with van der Waals surface area (Å²) in [5.41, 5.74) is -1.83. The molecular weight excluding hydrogens is 256 g/mol. The lowest BCUT2D eigenvalue weighted by Gasteiger charge is -2.48. The smallest absolute Gasteiger partial charge is 0.157 e. The second-order valence-electron chi connectivity index (χ2n) is 8.46. The molecule has 0 aromatic rings. The van der Waals surface area contributed by atoms with Gasteiger partial charge in [0.15, 0.2) is 12.6 Å². The van der Waals surface area contributed by atoms with Crippen LogP contribution in [0.2, 0.25) is 0 Å². The third kappa shape index (κ3) is 3.73. The van der Waals surface area contributed by atoms with Crippen molar-refractivity contribution in [2.45, 2.75) is 80.8 Å². The first-order valence-corrected chi connectivity index (χ1v) is 7.32. The third-order valence-electron chi connectivity index (χ3n) is 6.15. The Kier molecular flexibility index (Phi) is 5.87. The second-order valence-corrected chi connectivity index (χ2v) is 8.46. The highest BCUT2D eigenvalue weighted by Gasteiger charge is 2.46. The molecule has 0 saturated carbocycles. The summed E-state index contributed by atoms with van der Waals surface area (Å²) in [7, 11) is 0. The molecular formula is C16H34O4. The van der Waals surface area contributed by atoms with Gasteiger partial charge in [-0.25, -0.2) is 0 Å². The Balaban J connectivity index is 5.02. The predicted molar refractivity (Wildman–Crippen MR) is 80.8 cm³/mol. The summed E-state index contributed by atoms with van der Waals surface area (Å²) >= 11 is 0. The summed E-state index contributed by atoms with van der Waals surface area (Å²) < 4.78 is 0. The first kappa shape index (κ1) is 19.8. The molecule has 0 aliphatic carbocycles. The van der Waals surface area contributed by atoms with Gasteiger partial charge in [-0.2, -0.15) is 0 Å². The molecule has 4 nitrogen and oxygen atoms in total. The van der Waals surface area contributed by atoms with Gasteiger partial charge < -0.3 is 20.4 Å². The summed E-state index contributed by atoms with van der Waals surface area (Å²) in [6.45, 7) is 15.5. The predicted octanol–water partition coefficient (Wildman–Crippen LogP) is 2.49. The highest BCUT2D eigenvalue weighted by molar-refractivity contribution is 4.93. The van der Waals surface area contributed by atoms with Crippen molar-refractivity contribution in [3.05, 3.63) is 0 Å². The highest BCUT2D eigenvalue weighted by Crippen LogP contribution is 2.50. The standard InChI is InChI=1S/C16H34O4/c1-13(2,15(5,6)11(17)18)9-10-14(3,4)16(7,8)12(19)20/h11-12,17-20H,9-10H2,1-8H3. The highest BCUT2D eigenvalue weighted by atomic mass is 16.5. The van der Waals surface area contributed by atoms with Crippen molar-refractivity contribution in [1.29, 1.82) is 0 Å². The number of aliphatic hydroxyl groups is 4. The van der Waals surface area contributed by atoms with Crippen LogP contribution >= 0.6 is 0 Å². The molecule has 122 valence electrons. The molecule has 0 fully saturated rings. The van der Waals surface area contributed by atoms with Gasteiger partial charge in [0, 0.05) is 10.8 Å². The van der Waals surface area contributed by atoms with E-state index in [-0.39, 0.29) is 10.8 Å². The van der Waals surface area contributed by atoms with E-state index in [0.29, 0.717) is 0 Å². The van der Waals surface area contributed by atoms with Crippen LogP contribution in [0, 0.1) is 21.7 Å². The quantitative estimate of drug-likeness (QED) is 0.543. The summed E-state index contributed by atoms with van der Waals surface area (Å²) in [4.78, 5) is 0. The molecule has 0 rings (SSSR count). The van der Waals surface area contributed by atoms with Gasteiger partial charge in [-0.3, -0.25) is 0 Å². The van der Waals surface area contributed by atoms with Crippen LogP contribution in [0.3, 0.4) is 0 Å². The Hall–Kier alpha value is -0.160. The fraction of sp³-hybridized carbons (Fsp3) is 1.00. The van der Waals surface area contributed by atoms with E-state index < -0.39 is 23.4 Å². The molecule has 0 spiro atoms. The fourth-order valence-corrected chi connectivity index (χ4v) is 1.97. The van der Waals surface area contributed by atoms with Crippen molar-refractivity contribution < 1.29 is 20.4 Å². The number of hydrogen-bond donors (Lipinski definition) is 4. The SMILES string of the molecule is CC(C)(CCC(C)(C)C(C)(C)C(O)O)C(C)(C)C(O)O. The van der Waals surface area contributed by atoms with Gasteiger partial charge in [0.1, 0.15) is 0 Å². The minimum absolute atomic E-state index is 0.283. The number of aliphatic hydroxyl groups excluding tert-OH is 2. The van der Waals surface area contributed by atoms with E-state index in [1.165, 1.54) is 0 Å². The van der Waals surface area contributed by atoms with Crippen molar-refractivity contribution in [3.63, 3.8) is 0 Å². The van der Waals surface area contributed by atoms with E-state index in [1.807, 2.05) is 55.4 Å². The molecule has 0 saturated heterocycles. The first-order valence-electron chi connectivity index (χ1n) is 7.32. The Morgan fingerprint density at radius 1 is 0.550 bits per heavy atom. The van der Waals surface area contributed by atoms with E-state index in [4.69, 9.17) is 0 Å². The molecule has 0 bridgehead atoms. The summed E-state index contributed by atoms with van der Waals surface area (Å²) in [5, 5.41) is 38.3. The van der Waals surface area contributed by atoms with E-state index in [0.717, 1.165) is 12.8 Å². The van der Waals surface area contributed by atoms with Gasteiger partial charge in [0.05, 0.1) is 0 Å². The summed E-state index contributed by atoms with van der Waals surface area (Å²) in [6.07, 6.45) is -1.23. The van der Waals surface area contributed by atoms with Crippen LogP contribution in [0.15, 0.2) is 0 Å². The number of rotatable bonds is 7. The molecule has 0 atom stereocenters. The molecule has 0 aromatic carbocycles. The van der Waals surface area contributed by atoms with Crippen molar-refractivity contribution in [2.24, 2.45) is 21.7 Å². The molecule has 0 aliphatic heterocycles. The molecule has 4 heteroatoms. The Labute approximate surface area is 123 Å². The van der Waals surface area contributed by atoms with E-state index in [1.54, 1.807) is 0 Å². The molecule has 0 aliphatic rings. The van der Waals surface area contributed by atoms with Crippen LogP contribution in [0.4, 0.5) is 0 Å². The van der Waals surface area contributed by atoms with Gasteiger partial charge in [-0.05, 0) is 23.7 Å². The van der Waals surface area contributed by atoms with Crippen LogP contribution in [0.1, 0.15) is 68.2 Å². The fourth-order valence-electron chi connectivity index (χ4n) is 1.97. The Morgan fingerprint density at radius 3 is 0.900 bits per heavy atom. The van der Waals surface area contributed by atoms with Crippen LogP contribution in [-0.4, -0.2) is 33.0 Å². The summed E-state index contributed by atoms with van der Waals surface area (Å²) in [6, 6.07) is 0. The van der Waals surface area contributed by atoms with E-state index >= 15 is 0 Å². The average molecular weight is 290 g/mol. The lowest BCUT2D eigenvalue weighted by molar-refractivity contribution is -0.180. The third-order valence-corrected chi connectivity index (χ3v) is 6.15. The van der Waals surface area contributed by atoms with Crippen molar-refractivity contribution >= 4 is 0 Å². The second kappa shape index (κ2) is 5.91. The molecule has 4 N–H and O–H groups in total. The zero-order chi connectivity index (χ0) is 16.6. The summed E-state index contributed by atoms with van der Waals surface area (Å²) in [5.74, 6) is 0. The van der Waals surface area contributed by atoms with Gasteiger partial charge in [0.2, 0.25) is 0 Å². The molecule has 0 aromatic heterocycles. The van der Waals surface area contributed by atoms with Crippen LogP contribution in [0.5, 0.6) is 0 Å². The topological polar surface area (TPSA) is 80.9 Å². The molecule has 0 radical (unpaired) electrons. The Morgan fingerprint density at radius 2 is 0.750 bits per heavy atom. The molecule has 0 heterocycles. The maximum atomic E-state index is 9.57. The minimum Gasteiger partial charge on any atom is -0.368 e. The first-order chi connectivity index (χ1) is 8.59. The van der Waals surface area contributed by atoms with Gasteiger partial charge in [-0.1, -0.05) is 55.4 Å². The minimum atomic E-state index is -1.38. The Bertz CT molecular complexity index is 282. The van der Waals surface area contributed by atoms with Crippen molar-refractivity contribution in [1.82, 2.24) is 0 Å². The zero-order valence-corrected chi connectivity index (χ0v) is 14.4. The van der Waals surface area contributed by atoms with Crippen LogP contribution in [-0.2, 0) is 0 Å². The van der Waals surface area contributed by atoms with Crippen LogP contribution < -0.4 is 0 Å². The van der Waals surface area contributed by atoms with E-state index in [2.05, 4.69) is 0 Å². The normalized spacial score (nSPS) is 15.3. The van der Waals surface area contributed by atoms with Gasteiger partial charge in [-0.15, -0.1) is 0 Å². The molecule has 0 unspecified atom stereocenters. The van der Waals surface area contributed by atoms with Gasteiger partial charge in [0.25, 0.3) is 0 Å². The largest absolute Gasteiger partial charge is 0.368 e. The van der Waals surface area contributed by atoms with Crippen molar-refractivity contribution in [2.75, 3.05) is 0 Å². The van der Waals surface area contributed by atoms with E-state index in [9.17, 15) is 20.4 Å². The molecule has 20 heavy (non-hydrogen) atoms. The van der Waals surface area contributed by atoms with Crippen LogP contribution in [0.25, 0.3) is 0 Å². The molecule has 0 amide bonds. The number of hydrogen-bond acceptors (Lipinski definition) is 4. The zero-order valence-electron chi connectivity index (χ0n) is 14.4. The monoisotopic (exact) mass is 290 g/mol. The maximum Gasteiger partial charge on any atom is 0.157 e. The lowest BCUT2D eigenvalue weighted by atomic mass is 9.59.